The Morgan fingerprint density at radius 1 is 1.37 bits per heavy atom. The molecule has 0 amide bonds. The van der Waals surface area contributed by atoms with Gasteiger partial charge in [-0.25, -0.2) is 4.98 Å². The number of hydrogen-bond donors (Lipinski definition) is 1. The molecule has 0 aliphatic rings. The monoisotopic (exact) mass is 291 g/mol. The van der Waals surface area contributed by atoms with Crippen molar-refractivity contribution >= 4 is 28.2 Å². The van der Waals surface area contributed by atoms with E-state index < -0.39 is 0 Å². The van der Waals surface area contributed by atoms with Crippen LogP contribution in [0, 0.1) is 11.3 Å². The van der Waals surface area contributed by atoms with E-state index in [2.05, 4.69) is 47.3 Å². The van der Waals surface area contributed by atoms with Gasteiger partial charge < -0.3 is 5.32 Å². The molecule has 98 valence electrons. The minimum absolute atomic E-state index is 0.0513. The summed E-state index contributed by atoms with van der Waals surface area (Å²) in [7, 11) is 0. The van der Waals surface area contributed by atoms with E-state index in [1.165, 1.54) is 23.1 Å². The van der Waals surface area contributed by atoms with Gasteiger partial charge in [-0.05, 0) is 44.7 Å². The Morgan fingerprint density at radius 2 is 2.16 bits per heavy atom. The second-order valence-electron chi connectivity index (χ2n) is 4.82. The highest BCUT2D eigenvalue weighted by Crippen LogP contribution is 2.32. The van der Waals surface area contributed by atoms with Crippen molar-refractivity contribution in [2.45, 2.75) is 35.7 Å². The third kappa shape index (κ3) is 3.91. The van der Waals surface area contributed by atoms with Gasteiger partial charge >= 0.3 is 0 Å². The van der Waals surface area contributed by atoms with Crippen LogP contribution in [0.15, 0.2) is 27.7 Å². The molecule has 0 aromatic carbocycles. The van der Waals surface area contributed by atoms with Crippen LogP contribution in [0.5, 0.6) is 0 Å². The van der Waals surface area contributed by atoms with Crippen LogP contribution in [-0.4, -0.2) is 20.7 Å². The van der Waals surface area contributed by atoms with Gasteiger partial charge in [0.1, 0.15) is 11.1 Å². The van der Waals surface area contributed by atoms with Gasteiger partial charge in [-0.2, -0.15) is 5.26 Å². The summed E-state index contributed by atoms with van der Waals surface area (Å²) in [6.07, 6.45) is 1.67. The molecule has 0 radical (unpaired) electrons. The lowest BCUT2D eigenvalue weighted by molar-refractivity contribution is 0.631. The number of anilines is 1. The standard InChI is InChI=1S/C12H13N5S2/c1-12(2,3)15-10-16-17-11(19-10)18-9-8(7-13)5-4-6-14-9/h4-6H,1-3H3,(H,15,16). The SMILES string of the molecule is CC(C)(C)Nc1nnc(Sc2ncccc2C#N)s1. The molecule has 2 aromatic heterocycles. The second kappa shape index (κ2) is 5.55. The smallest absolute Gasteiger partial charge is 0.206 e. The van der Waals surface area contributed by atoms with Crippen molar-refractivity contribution in [3.05, 3.63) is 23.9 Å². The van der Waals surface area contributed by atoms with Gasteiger partial charge in [-0.1, -0.05) is 11.3 Å². The van der Waals surface area contributed by atoms with Crippen LogP contribution in [-0.2, 0) is 0 Å². The van der Waals surface area contributed by atoms with Gasteiger partial charge in [0.25, 0.3) is 0 Å². The molecule has 0 unspecified atom stereocenters. The number of nitriles is 1. The Balaban J connectivity index is 2.14. The summed E-state index contributed by atoms with van der Waals surface area (Å²) >= 11 is 2.81. The quantitative estimate of drug-likeness (QED) is 0.936. The van der Waals surface area contributed by atoms with Crippen LogP contribution in [0.1, 0.15) is 26.3 Å². The predicted molar refractivity (Wildman–Crippen MR) is 76.4 cm³/mol. The first-order valence-corrected chi connectivity index (χ1v) is 7.26. The van der Waals surface area contributed by atoms with Gasteiger partial charge in [-0.3, -0.25) is 0 Å². The Labute approximate surface area is 120 Å². The van der Waals surface area contributed by atoms with Crippen LogP contribution in [0.2, 0.25) is 0 Å². The number of rotatable bonds is 3. The van der Waals surface area contributed by atoms with Crippen molar-refractivity contribution in [2.75, 3.05) is 5.32 Å². The van der Waals surface area contributed by atoms with Crippen LogP contribution < -0.4 is 5.32 Å². The zero-order valence-corrected chi connectivity index (χ0v) is 12.5. The topological polar surface area (TPSA) is 74.5 Å². The van der Waals surface area contributed by atoms with E-state index in [0.29, 0.717) is 10.6 Å². The summed E-state index contributed by atoms with van der Waals surface area (Å²) in [6, 6.07) is 5.60. The highest BCUT2D eigenvalue weighted by Gasteiger charge is 2.14. The molecule has 0 atom stereocenters. The van der Waals surface area contributed by atoms with Gasteiger partial charge in [0, 0.05) is 11.7 Å². The molecule has 0 fully saturated rings. The van der Waals surface area contributed by atoms with E-state index in [9.17, 15) is 0 Å². The second-order valence-corrected chi connectivity index (χ2v) is 7.03. The summed E-state index contributed by atoms with van der Waals surface area (Å²) in [5, 5.41) is 21.9. The van der Waals surface area contributed by atoms with E-state index in [1.807, 2.05) is 0 Å². The largest absolute Gasteiger partial charge is 0.355 e. The Bertz CT molecular complexity index is 609. The third-order valence-corrected chi connectivity index (χ3v) is 3.87. The van der Waals surface area contributed by atoms with Gasteiger partial charge in [0.15, 0.2) is 4.34 Å². The molecule has 1 N–H and O–H groups in total. The van der Waals surface area contributed by atoms with Crippen molar-refractivity contribution in [3.8, 4) is 6.07 Å². The van der Waals surface area contributed by atoms with Crippen LogP contribution in [0.4, 0.5) is 5.13 Å². The highest BCUT2D eigenvalue weighted by atomic mass is 32.2. The zero-order chi connectivity index (χ0) is 13.9. The first-order valence-electron chi connectivity index (χ1n) is 5.62. The molecule has 2 heterocycles. The van der Waals surface area contributed by atoms with Crippen molar-refractivity contribution in [1.29, 1.82) is 5.26 Å². The molecule has 2 rings (SSSR count). The van der Waals surface area contributed by atoms with E-state index >= 15 is 0 Å². The summed E-state index contributed by atoms with van der Waals surface area (Å²) in [5.74, 6) is 0. The molecular weight excluding hydrogens is 278 g/mol. The van der Waals surface area contributed by atoms with Crippen LogP contribution in [0.25, 0.3) is 0 Å². The van der Waals surface area contributed by atoms with Crippen molar-refractivity contribution in [3.63, 3.8) is 0 Å². The fourth-order valence-corrected chi connectivity index (χ4v) is 3.17. The van der Waals surface area contributed by atoms with Crippen molar-refractivity contribution in [1.82, 2.24) is 15.2 Å². The van der Waals surface area contributed by atoms with E-state index in [-0.39, 0.29) is 5.54 Å². The molecule has 5 nitrogen and oxygen atoms in total. The maximum atomic E-state index is 9.01. The van der Waals surface area contributed by atoms with E-state index in [4.69, 9.17) is 5.26 Å². The highest BCUT2D eigenvalue weighted by molar-refractivity contribution is 8.01. The Hall–Kier alpha value is -1.65. The average molecular weight is 291 g/mol. The number of hydrogen-bond acceptors (Lipinski definition) is 7. The van der Waals surface area contributed by atoms with Gasteiger partial charge in [-0.15, -0.1) is 10.2 Å². The molecule has 0 saturated carbocycles. The third-order valence-electron chi connectivity index (χ3n) is 1.96. The molecule has 2 aromatic rings. The Morgan fingerprint density at radius 3 is 2.84 bits per heavy atom. The summed E-state index contributed by atoms with van der Waals surface area (Å²) in [6.45, 7) is 6.19. The lowest BCUT2D eigenvalue weighted by atomic mass is 10.1. The Kier molecular flexibility index (Phi) is 4.02. The van der Waals surface area contributed by atoms with E-state index in [0.717, 1.165) is 9.47 Å². The van der Waals surface area contributed by atoms with E-state index in [1.54, 1.807) is 18.3 Å². The summed E-state index contributed by atoms with van der Waals surface area (Å²) in [4.78, 5) is 4.19. The maximum absolute atomic E-state index is 9.01. The van der Waals surface area contributed by atoms with Crippen LogP contribution in [0.3, 0.4) is 0 Å². The maximum Gasteiger partial charge on any atom is 0.206 e. The molecule has 0 aliphatic heterocycles. The number of nitrogens with one attached hydrogen (secondary N) is 1. The molecular formula is C12H13N5S2. The van der Waals surface area contributed by atoms with Gasteiger partial charge in [0.05, 0.1) is 5.56 Å². The first-order chi connectivity index (χ1) is 8.98. The lowest BCUT2D eigenvalue weighted by Gasteiger charge is -2.18. The molecule has 0 saturated heterocycles. The summed E-state index contributed by atoms with van der Waals surface area (Å²) < 4.78 is 0.766. The summed E-state index contributed by atoms with van der Waals surface area (Å²) in [5.41, 5.74) is 0.498. The van der Waals surface area contributed by atoms with Gasteiger partial charge in [0.2, 0.25) is 5.13 Å². The number of pyridine rings is 1. The van der Waals surface area contributed by atoms with Crippen molar-refractivity contribution in [2.24, 2.45) is 0 Å². The minimum Gasteiger partial charge on any atom is -0.355 e. The number of nitrogens with zero attached hydrogens (tertiary/aromatic N) is 4. The number of aromatic nitrogens is 3. The average Bonchev–Trinajstić information content (AvgIpc) is 2.75. The fourth-order valence-electron chi connectivity index (χ4n) is 1.26. The normalized spacial score (nSPS) is 11.1. The molecule has 0 aliphatic carbocycles. The molecule has 19 heavy (non-hydrogen) atoms. The van der Waals surface area contributed by atoms with Crippen molar-refractivity contribution < 1.29 is 0 Å². The predicted octanol–water partition coefficient (Wildman–Crippen LogP) is 3.17. The molecule has 0 bridgehead atoms. The molecule has 0 spiro atoms. The molecule has 7 heteroatoms. The zero-order valence-electron chi connectivity index (χ0n) is 10.8. The fraction of sp³-hybridized carbons (Fsp3) is 0.333. The van der Waals surface area contributed by atoms with Crippen LogP contribution >= 0.6 is 23.1 Å². The first kappa shape index (κ1) is 13.8. The lowest BCUT2D eigenvalue weighted by Crippen LogP contribution is -2.25. The minimum atomic E-state index is -0.0513.